The Kier molecular flexibility index (Phi) is 9.31. The molecule has 3 aromatic carbocycles. The van der Waals surface area contributed by atoms with Crippen LogP contribution < -0.4 is 10.2 Å². The van der Waals surface area contributed by atoms with Gasteiger partial charge in [-0.2, -0.15) is 0 Å². The molecule has 39 heavy (non-hydrogen) atoms. The van der Waals surface area contributed by atoms with Crippen LogP contribution in [-0.2, 0) is 16.1 Å². The van der Waals surface area contributed by atoms with Crippen molar-refractivity contribution in [2.45, 2.75) is 26.8 Å². The molecular formula is C31H35FN4O3. The molecule has 7 nitrogen and oxygen atoms in total. The summed E-state index contributed by atoms with van der Waals surface area (Å²) >= 11 is 0. The third-order valence-electron chi connectivity index (χ3n) is 6.66. The zero-order valence-electron chi connectivity index (χ0n) is 22.5. The fourth-order valence-electron chi connectivity index (χ4n) is 4.59. The molecule has 3 amide bonds. The van der Waals surface area contributed by atoms with Crippen LogP contribution in [0.15, 0.2) is 78.9 Å². The summed E-state index contributed by atoms with van der Waals surface area (Å²) < 4.78 is 13.4. The van der Waals surface area contributed by atoms with Crippen LogP contribution >= 0.6 is 0 Å². The van der Waals surface area contributed by atoms with E-state index in [0.29, 0.717) is 36.7 Å². The highest BCUT2D eigenvalue weighted by Gasteiger charge is 2.22. The summed E-state index contributed by atoms with van der Waals surface area (Å²) in [6.45, 7) is 7.04. The van der Waals surface area contributed by atoms with Crippen LogP contribution in [-0.4, -0.2) is 60.2 Å². The molecule has 1 heterocycles. The Labute approximate surface area is 229 Å². The number of nitrogens with zero attached hydrogens (tertiary/aromatic N) is 3. The predicted octanol–water partition coefficient (Wildman–Crippen LogP) is 4.80. The van der Waals surface area contributed by atoms with Crippen molar-refractivity contribution in [3.8, 4) is 0 Å². The van der Waals surface area contributed by atoms with E-state index < -0.39 is 0 Å². The Morgan fingerprint density at radius 2 is 1.51 bits per heavy atom. The molecule has 1 fully saturated rings. The zero-order valence-corrected chi connectivity index (χ0v) is 22.5. The maximum atomic E-state index is 13.4. The fourth-order valence-corrected chi connectivity index (χ4v) is 4.59. The molecule has 0 saturated carbocycles. The topological polar surface area (TPSA) is 73.0 Å². The second-order valence-corrected chi connectivity index (χ2v) is 10.2. The van der Waals surface area contributed by atoms with Crippen LogP contribution in [0.1, 0.15) is 36.2 Å². The van der Waals surface area contributed by atoms with E-state index in [1.807, 2.05) is 35.2 Å². The number of benzene rings is 3. The summed E-state index contributed by atoms with van der Waals surface area (Å²) in [5.74, 6) is -0.406. The minimum absolute atomic E-state index is 0.154. The third-order valence-corrected chi connectivity index (χ3v) is 6.66. The van der Waals surface area contributed by atoms with Gasteiger partial charge in [0.25, 0.3) is 5.91 Å². The molecule has 3 aromatic rings. The van der Waals surface area contributed by atoms with Crippen LogP contribution in [0, 0.1) is 11.7 Å². The first-order valence-corrected chi connectivity index (χ1v) is 13.3. The lowest BCUT2D eigenvalue weighted by Gasteiger charge is -2.36. The number of hydrogen-bond acceptors (Lipinski definition) is 4. The molecule has 1 N–H and O–H groups in total. The highest BCUT2D eigenvalue weighted by molar-refractivity contribution is 5.99. The number of halogens is 1. The average molecular weight is 531 g/mol. The van der Waals surface area contributed by atoms with E-state index in [1.165, 1.54) is 17.0 Å². The molecule has 0 unspecified atom stereocenters. The van der Waals surface area contributed by atoms with Crippen molar-refractivity contribution in [2.75, 3.05) is 42.9 Å². The Hall–Kier alpha value is -4.20. The number of hydrogen-bond donors (Lipinski definition) is 1. The largest absolute Gasteiger partial charge is 0.368 e. The van der Waals surface area contributed by atoms with Crippen molar-refractivity contribution in [2.24, 2.45) is 5.92 Å². The molecule has 0 aromatic heterocycles. The van der Waals surface area contributed by atoms with E-state index in [0.717, 1.165) is 24.3 Å². The molecule has 1 saturated heterocycles. The summed E-state index contributed by atoms with van der Waals surface area (Å²) in [6.07, 6.45) is 0.576. The lowest BCUT2D eigenvalue weighted by molar-refractivity contribution is -0.132. The smallest absolute Gasteiger partial charge is 0.254 e. The molecular weight excluding hydrogens is 495 g/mol. The molecule has 4 rings (SSSR count). The highest BCUT2D eigenvalue weighted by atomic mass is 19.1. The van der Waals surface area contributed by atoms with E-state index >= 15 is 0 Å². The first-order valence-electron chi connectivity index (χ1n) is 13.3. The van der Waals surface area contributed by atoms with E-state index in [1.54, 1.807) is 36.4 Å². The van der Waals surface area contributed by atoms with Gasteiger partial charge in [0.1, 0.15) is 12.4 Å². The summed E-state index contributed by atoms with van der Waals surface area (Å²) in [6, 6.07) is 22.3. The number of rotatable bonds is 9. The van der Waals surface area contributed by atoms with Gasteiger partial charge in [-0.15, -0.1) is 0 Å². The summed E-state index contributed by atoms with van der Waals surface area (Å²) in [5.41, 5.74) is 2.86. The van der Waals surface area contributed by atoms with E-state index in [2.05, 4.69) is 24.1 Å². The zero-order chi connectivity index (χ0) is 27.8. The van der Waals surface area contributed by atoms with Crippen LogP contribution in [0.5, 0.6) is 0 Å². The molecule has 1 aliphatic rings. The number of anilines is 2. The summed E-state index contributed by atoms with van der Waals surface area (Å²) in [7, 11) is 0. The Bertz CT molecular complexity index is 1260. The summed E-state index contributed by atoms with van der Waals surface area (Å²) in [4.78, 5) is 44.1. The van der Waals surface area contributed by atoms with Gasteiger partial charge in [0, 0.05) is 56.1 Å². The van der Waals surface area contributed by atoms with Crippen molar-refractivity contribution in [3.63, 3.8) is 0 Å². The summed E-state index contributed by atoms with van der Waals surface area (Å²) in [5, 5.41) is 2.88. The predicted molar refractivity (Wildman–Crippen MR) is 151 cm³/mol. The van der Waals surface area contributed by atoms with Gasteiger partial charge >= 0.3 is 0 Å². The van der Waals surface area contributed by atoms with Gasteiger partial charge in [-0.25, -0.2) is 4.39 Å². The van der Waals surface area contributed by atoms with Crippen LogP contribution in [0.3, 0.4) is 0 Å². The molecule has 204 valence electrons. The number of piperazine rings is 1. The van der Waals surface area contributed by atoms with Crippen LogP contribution in [0.2, 0.25) is 0 Å². The number of carbonyl (C=O) groups excluding carboxylic acids is 3. The van der Waals surface area contributed by atoms with Crippen molar-refractivity contribution in [3.05, 3.63) is 95.8 Å². The van der Waals surface area contributed by atoms with Gasteiger partial charge in [-0.05, 0) is 60.0 Å². The molecule has 0 radical (unpaired) electrons. The second kappa shape index (κ2) is 13.0. The second-order valence-electron chi connectivity index (χ2n) is 10.2. The lowest BCUT2D eigenvalue weighted by Crippen LogP contribution is -2.49. The molecule has 0 atom stereocenters. The maximum Gasteiger partial charge on any atom is 0.254 e. The van der Waals surface area contributed by atoms with Crippen molar-refractivity contribution < 1.29 is 18.8 Å². The minimum Gasteiger partial charge on any atom is -0.368 e. The van der Waals surface area contributed by atoms with Crippen molar-refractivity contribution in [1.82, 2.24) is 9.80 Å². The monoisotopic (exact) mass is 530 g/mol. The number of nitrogens with one attached hydrogen (secondary N) is 1. The van der Waals surface area contributed by atoms with E-state index in [9.17, 15) is 18.8 Å². The Morgan fingerprint density at radius 3 is 2.13 bits per heavy atom. The van der Waals surface area contributed by atoms with Gasteiger partial charge in [-0.1, -0.05) is 44.2 Å². The van der Waals surface area contributed by atoms with Gasteiger partial charge in [0.15, 0.2) is 0 Å². The normalized spacial score (nSPS) is 13.3. The highest BCUT2D eigenvalue weighted by Crippen LogP contribution is 2.20. The van der Waals surface area contributed by atoms with E-state index in [4.69, 9.17) is 0 Å². The van der Waals surface area contributed by atoms with Gasteiger partial charge in [0.05, 0.1) is 0 Å². The molecule has 1 aliphatic heterocycles. The average Bonchev–Trinajstić information content (AvgIpc) is 2.94. The van der Waals surface area contributed by atoms with Gasteiger partial charge in [0.2, 0.25) is 11.8 Å². The quantitative estimate of drug-likeness (QED) is 0.431. The van der Waals surface area contributed by atoms with Crippen LogP contribution in [0.25, 0.3) is 0 Å². The SMILES string of the molecule is CC(C)CC(=O)N1CCN(c2ccc(NC(=O)CN(Cc3ccc(F)cc3)C(=O)c3ccccc3)cc2)CC1. The molecule has 0 spiro atoms. The van der Waals surface area contributed by atoms with Gasteiger partial charge < -0.3 is 20.0 Å². The lowest BCUT2D eigenvalue weighted by atomic mass is 10.1. The van der Waals surface area contributed by atoms with Gasteiger partial charge in [-0.3, -0.25) is 14.4 Å². The Balaban J connectivity index is 1.36. The standard InChI is InChI=1S/C31H35FN4O3/c1-23(2)20-30(38)35-18-16-34(17-19-35)28-14-12-27(13-15-28)33-29(37)22-36(21-24-8-10-26(32)11-9-24)31(39)25-6-4-3-5-7-25/h3-15,23H,16-22H2,1-2H3,(H,33,37). The molecule has 0 bridgehead atoms. The first kappa shape index (κ1) is 27.8. The molecule has 8 heteroatoms. The van der Waals surface area contributed by atoms with Crippen LogP contribution in [0.4, 0.5) is 15.8 Å². The molecule has 0 aliphatic carbocycles. The fraction of sp³-hybridized carbons (Fsp3) is 0.323. The number of carbonyl (C=O) groups is 3. The van der Waals surface area contributed by atoms with Crippen molar-refractivity contribution in [1.29, 1.82) is 0 Å². The first-order chi connectivity index (χ1) is 18.8. The Morgan fingerprint density at radius 1 is 0.872 bits per heavy atom. The number of amides is 3. The third kappa shape index (κ3) is 7.89. The van der Waals surface area contributed by atoms with Crippen molar-refractivity contribution >= 4 is 29.1 Å². The minimum atomic E-state index is -0.359. The maximum absolute atomic E-state index is 13.4. The van der Waals surface area contributed by atoms with E-state index in [-0.39, 0.29) is 36.6 Å².